The van der Waals surface area contributed by atoms with E-state index in [4.69, 9.17) is 0 Å². The van der Waals surface area contributed by atoms with E-state index in [-0.39, 0.29) is 17.4 Å². The number of carbonyl (C=O) groups excluding carboxylic acids is 1. The number of nitrogens with zero attached hydrogens (tertiary/aromatic N) is 1. The molecule has 0 aromatic rings. The lowest BCUT2D eigenvalue weighted by Crippen LogP contribution is -2.53. The molecule has 1 heterocycles. The molecule has 0 saturated carbocycles. The number of nitrogens with one attached hydrogen (secondary N) is 2. The van der Waals surface area contributed by atoms with Gasteiger partial charge in [-0.2, -0.15) is 0 Å². The average Bonchev–Trinajstić information content (AvgIpc) is 2.38. The standard InChI is InChI=1S/C15H31N3O/c1-6-15(7-9-16-10-8-15)14(19)17-13(12(2)3)11-18(4)5/h12-13,16H,6-11H2,1-5H3,(H,17,19). The largest absolute Gasteiger partial charge is 0.351 e. The Morgan fingerprint density at radius 1 is 1.32 bits per heavy atom. The molecular formula is C15H31N3O. The van der Waals surface area contributed by atoms with Crippen LogP contribution in [0.5, 0.6) is 0 Å². The fraction of sp³-hybridized carbons (Fsp3) is 0.933. The molecule has 1 aliphatic rings. The van der Waals surface area contributed by atoms with Crippen LogP contribution in [0.15, 0.2) is 0 Å². The third kappa shape index (κ3) is 4.46. The Balaban J connectivity index is 2.68. The lowest BCUT2D eigenvalue weighted by molar-refractivity contribution is -0.134. The number of likely N-dealkylation sites (N-methyl/N-ethyl adjacent to an activating group) is 1. The van der Waals surface area contributed by atoms with Crippen LogP contribution in [0.25, 0.3) is 0 Å². The van der Waals surface area contributed by atoms with E-state index in [0.29, 0.717) is 5.92 Å². The van der Waals surface area contributed by atoms with E-state index in [9.17, 15) is 4.79 Å². The molecule has 112 valence electrons. The maximum absolute atomic E-state index is 12.7. The van der Waals surface area contributed by atoms with Gasteiger partial charge in [0.1, 0.15) is 0 Å². The zero-order valence-electron chi connectivity index (χ0n) is 13.3. The first-order valence-electron chi connectivity index (χ1n) is 7.57. The lowest BCUT2D eigenvalue weighted by atomic mass is 9.75. The Kier molecular flexibility index (Phi) is 6.27. The molecule has 1 fully saturated rings. The Morgan fingerprint density at radius 3 is 2.32 bits per heavy atom. The molecule has 0 radical (unpaired) electrons. The normalized spacial score (nSPS) is 20.6. The Morgan fingerprint density at radius 2 is 1.89 bits per heavy atom. The van der Waals surface area contributed by atoms with Crippen LogP contribution in [0.2, 0.25) is 0 Å². The summed E-state index contributed by atoms with van der Waals surface area (Å²) < 4.78 is 0. The molecule has 0 aliphatic carbocycles. The zero-order valence-corrected chi connectivity index (χ0v) is 13.3. The van der Waals surface area contributed by atoms with Crippen molar-refractivity contribution in [2.75, 3.05) is 33.7 Å². The van der Waals surface area contributed by atoms with Gasteiger partial charge < -0.3 is 15.5 Å². The van der Waals surface area contributed by atoms with Crippen molar-refractivity contribution in [1.82, 2.24) is 15.5 Å². The molecule has 1 rings (SSSR count). The lowest BCUT2D eigenvalue weighted by Gasteiger charge is -2.37. The molecule has 0 spiro atoms. The first-order chi connectivity index (χ1) is 8.91. The highest BCUT2D eigenvalue weighted by molar-refractivity contribution is 5.83. The molecule has 0 bridgehead atoms. The van der Waals surface area contributed by atoms with E-state index in [1.54, 1.807) is 0 Å². The van der Waals surface area contributed by atoms with E-state index < -0.39 is 0 Å². The summed E-state index contributed by atoms with van der Waals surface area (Å²) in [6.07, 6.45) is 2.86. The van der Waals surface area contributed by atoms with Crippen molar-refractivity contribution in [3.63, 3.8) is 0 Å². The third-order valence-electron chi connectivity index (χ3n) is 4.40. The second-order valence-electron chi connectivity index (χ2n) is 6.47. The van der Waals surface area contributed by atoms with Crippen molar-refractivity contribution in [2.24, 2.45) is 11.3 Å². The average molecular weight is 269 g/mol. The number of piperidine rings is 1. The minimum Gasteiger partial charge on any atom is -0.351 e. The van der Waals surface area contributed by atoms with Crippen LogP contribution < -0.4 is 10.6 Å². The molecule has 2 N–H and O–H groups in total. The van der Waals surface area contributed by atoms with Crippen LogP contribution in [0.3, 0.4) is 0 Å². The summed E-state index contributed by atoms with van der Waals surface area (Å²) in [5.74, 6) is 0.721. The van der Waals surface area contributed by atoms with Gasteiger partial charge in [0.25, 0.3) is 0 Å². The van der Waals surface area contributed by atoms with E-state index >= 15 is 0 Å². The topological polar surface area (TPSA) is 44.4 Å². The van der Waals surface area contributed by atoms with Gasteiger partial charge in [0.05, 0.1) is 5.41 Å². The maximum Gasteiger partial charge on any atom is 0.226 e. The van der Waals surface area contributed by atoms with Gasteiger partial charge in [0.15, 0.2) is 0 Å². The summed E-state index contributed by atoms with van der Waals surface area (Å²) in [6, 6.07) is 0.237. The molecule has 1 unspecified atom stereocenters. The molecule has 0 aromatic heterocycles. The van der Waals surface area contributed by atoms with Crippen molar-refractivity contribution in [2.45, 2.75) is 46.1 Å². The van der Waals surface area contributed by atoms with Gasteiger partial charge in [-0.15, -0.1) is 0 Å². The van der Waals surface area contributed by atoms with Gasteiger partial charge in [-0.05, 0) is 52.4 Å². The Labute approximate surface area is 118 Å². The second-order valence-corrected chi connectivity index (χ2v) is 6.47. The highest BCUT2D eigenvalue weighted by Gasteiger charge is 2.38. The minimum absolute atomic E-state index is 0.148. The van der Waals surface area contributed by atoms with E-state index in [2.05, 4.69) is 50.4 Å². The highest BCUT2D eigenvalue weighted by atomic mass is 16.2. The molecule has 1 atom stereocenters. The predicted molar refractivity (Wildman–Crippen MR) is 80.2 cm³/mol. The van der Waals surface area contributed by atoms with Gasteiger partial charge in [-0.1, -0.05) is 20.8 Å². The summed E-state index contributed by atoms with van der Waals surface area (Å²) in [4.78, 5) is 14.8. The fourth-order valence-corrected chi connectivity index (χ4v) is 2.78. The quantitative estimate of drug-likeness (QED) is 0.767. The highest BCUT2D eigenvalue weighted by Crippen LogP contribution is 2.33. The number of rotatable bonds is 6. The van der Waals surface area contributed by atoms with E-state index in [0.717, 1.165) is 38.9 Å². The van der Waals surface area contributed by atoms with Gasteiger partial charge >= 0.3 is 0 Å². The van der Waals surface area contributed by atoms with Crippen LogP contribution in [0, 0.1) is 11.3 Å². The minimum atomic E-state index is -0.148. The Hall–Kier alpha value is -0.610. The number of hydrogen-bond donors (Lipinski definition) is 2. The van der Waals surface area contributed by atoms with E-state index in [1.165, 1.54) is 0 Å². The van der Waals surface area contributed by atoms with Crippen molar-refractivity contribution >= 4 is 5.91 Å². The smallest absolute Gasteiger partial charge is 0.226 e. The van der Waals surface area contributed by atoms with Gasteiger partial charge in [-0.3, -0.25) is 4.79 Å². The zero-order chi connectivity index (χ0) is 14.5. The third-order valence-corrected chi connectivity index (χ3v) is 4.40. The van der Waals surface area contributed by atoms with Crippen LogP contribution >= 0.6 is 0 Å². The van der Waals surface area contributed by atoms with Crippen LogP contribution in [-0.2, 0) is 4.79 Å². The van der Waals surface area contributed by atoms with Crippen molar-refractivity contribution in [1.29, 1.82) is 0 Å². The van der Waals surface area contributed by atoms with Gasteiger partial charge in [0, 0.05) is 12.6 Å². The summed E-state index contributed by atoms with van der Waals surface area (Å²) in [5, 5.41) is 6.65. The first-order valence-corrected chi connectivity index (χ1v) is 7.57. The molecule has 4 nitrogen and oxygen atoms in total. The second kappa shape index (κ2) is 7.25. The summed E-state index contributed by atoms with van der Waals surface area (Å²) in [5.41, 5.74) is -0.148. The molecule has 1 saturated heterocycles. The van der Waals surface area contributed by atoms with Crippen molar-refractivity contribution < 1.29 is 4.79 Å². The number of hydrogen-bond acceptors (Lipinski definition) is 3. The number of carbonyl (C=O) groups is 1. The number of amides is 1. The first kappa shape index (κ1) is 16.4. The Bertz CT molecular complexity index is 283. The summed E-state index contributed by atoms with van der Waals surface area (Å²) >= 11 is 0. The van der Waals surface area contributed by atoms with Gasteiger partial charge in [-0.25, -0.2) is 0 Å². The summed E-state index contributed by atoms with van der Waals surface area (Å²) in [6.45, 7) is 9.32. The van der Waals surface area contributed by atoms with Crippen LogP contribution in [0.1, 0.15) is 40.0 Å². The SMILES string of the molecule is CCC1(C(=O)NC(CN(C)C)C(C)C)CCNCC1. The predicted octanol–water partition coefficient (Wildman–Crippen LogP) is 1.47. The van der Waals surface area contributed by atoms with Gasteiger partial charge in [0.2, 0.25) is 5.91 Å². The molecule has 1 aliphatic heterocycles. The van der Waals surface area contributed by atoms with Crippen LogP contribution in [0.4, 0.5) is 0 Å². The molecule has 0 aromatic carbocycles. The fourth-order valence-electron chi connectivity index (χ4n) is 2.78. The van der Waals surface area contributed by atoms with Crippen molar-refractivity contribution in [3.05, 3.63) is 0 Å². The molecule has 19 heavy (non-hydrogen) atoms. The monoisotopic (exact) mass is 269 g/mol. The summed E-state index contributed by atoms with van der Waals surface area (Å²) in [7, 11) is 4.11. The van der Waals surface area contributed by atoms with Crippen LogP contribution in [-0.4, -0.2) is 50.6 Å². The van der Waals surface area contributed by atoms with E-state index in [1.807, 2.05) is 0 Å². The molecule has 1 amide bonds. The molecular weight excluding hydrogens is 238 g/mol. The molecule has 4 heteroatoms. The van der Waals surface area contributed by atoms with Crippen molar-refractivity contribution in [3.8, 4) is 0 Å². The maximum atomic E-state index is 12.7.